The Morgan fingerprint density at radius 1 is 1.07 bits per heavy atom. The molecule has 0 aliphatic carbocycles. The first-order valence-electron chi connectivity index (χ1n) is 12.5. The lowest BCUT2D eigenvalue weighted by molar-refractivity contribution is -0.122. The van der Waals surface area contributed by atoms with Crippen molar-refractivity contribution >= 4 is 63.0 Å². The van der Waals surface area contributed by atoms with Gasteiger partial charge in [0.05, 0.1) is 20.9 Å². The smallest absolute Gasteiger partial charge is 0.261 e. The number of benzene rings is 3. The van der Waals surface area contributed by atoms with Crippen LogP contribution in [0.4, 0.5) is 0 Å². The molecule has 10 nitrogen and oxygen atoms in total. The lowest BCUT2D eigenvalue weighted by Gasteiger charge is -2.29. The van der Waals surface area contributed by atoms with Gasteiger partial charge in [0.1, 0.15) is 18.1 Å². The minimum atomic E-state index is -4.55. The number of rotatable bonds is 8. The van der Waals surface area contributed by atoms with Gasteiger partial charge < -0.3 is 20.6 Å². The van der Waals surface area contributed by atoms with Crippen LogP contribution in [0, 0.1) is 12.8 Å². The van der Waals surface area contributed by atoms with Crippen LogP contribution in [0.3, 0.4) is 0 Å². The first-order chi connectivity index (χ1) is 18.8. The van der Waals surface area contributed by atoms with Gasteiger partial charge in [-0.2, -0.15) is 0 Å². The van der Waals surface area contributed by atoms with Crippen LogP contribution >= 0.6 is 23.3 Å². The Balaban J connectivity index is 1.72. The fourth-order valence-corrected chi connectivity index (χ4v) is 6.90. The standard InChI is InChI=1S/C28H29BrN3O7P/c1-14(2)10-21(26(35)30-4)31-25(34)18-11-15(3)8-9-22(18)40(38,39)13-32-27(36)17-7-5-6-16-23(17)19(28(32)37)12-20(29)24(16)33/h5-9,11-12,14,21,33H,10,13H2,1-4H3,(H,30,35)(H,31,34)(H,38,39)/t21-/m0/s1. The van der Waals surface area contributed by atoms with Gasteiger partial charge in [0.2, 0.25) is 13.3 Å². The van der Waals surface area contributed by atoms with E-state index in [1.807, 2.05) is 13.8 Å². The zero-order valence-corrected chi connectivity index (χ0v) is 24.8. The monoisotopic (exact) mass is 629 g/mol. The van der Waals surface area contributed by atoms with Crippen LogP contribution in [0.2, 0.25) is 0 Å². The van der Waals surface area contributed by atoms with Crippen LogP contribution in [0.1, 0.15) is 56.9 Å². The first kappa shape index (κ1) is 29.5. The Kier molecular flexibility index (Phi) is 8.21. The number of phenols is 1. The number of aryl methyl sites for hydroxylation is 1. The second-order valence-electron chi connectivity index (χ2n) is 10.2. The van der Waals surface area contributed by atoms with Gasteiger partial charge >= 0.3 is 0 Å². The van der Waals surface area contributed by atoms with E-state index >= 15 is 0 Å². The van der Waals surface area contributed by atoms with E-state index in [4.69, 9.17) is 0 Å². The van der Waals surface area contributed by atoms with E-state index in [0.717, 1.165) is 0 Å². The van der Waals surface area contributed by atoms with E-state index in [-0.39, 0.29) is 43.5 Å². The van der Waals surface area contributed by atoms with E-state index in [1.54, 1.807) is 25.1 Å². The highest BCUT2D eigenvalue weighted by Gasteiger charge is 2.40. The number of hydrogen-bond acceptors (Lipinski definition) is 6. The molecule has 1 aliphatic heterocycles. The number of aromatic hydroxyl groups is 1. The molecular formula is C28H29BrN3O7P. The van der Waals surface area contributed by atoms with Crippen LogP contribution < -0.4 is 15.9 Å². The van der Waals surface area contributed by atoms with Crippen molar-refractivity contribution in [3.63, 3.8) is 0 Å². The molecule has 0 saturated heterocycles. The molecule has 40 heavy (non-hydrogen) atoms. The summed E-state index contributed by atoms with van der Waals surface area (Å²) in [4.78, 5) is 64.6. The molecule has 4 amide bonds. The van der Waals surface area contributed by atoms with Crippen molar-refractivity contribution in [2.75, 3.05) is 13.3 Å². The molecule has 1 unspecified atom stereocenters. The highest BCUT2D eigenvalue weighted by atomic mass is 79.9. The number of hydrogen-bond donors (Lipinski definition) is 4. The van der Waals surface area contributed by atoms with Crippen LogP contribution in [-0.2, 0) is 9.36 Å². The minimum absolute atomic E-state index is 0.0777. The zero-order chi connectivity index (χ0) is 29.5. The Morgan fingerprint density at radius 3 is 2.40 bits per heavy atom. The topological polar surface area (TPSA) is 153 Å². The molecule has 4 N–H and O–H groups in total. The Morgan fingerprint density at radius 2 is 1.75 bits per heavy atom. The fourth-order valence-electron chi connectivity index (χ4n) is 4.81. The third-order valence-corrected chi connectivity index (χ3v) is 9.13. The largest absolute Gasteiger partial charge is 0.506 e. The molecular weight excluding hydrogens is 601 g/mol. The highest BCUT2D eigenvalue weighted by molar-refractivity contribution is 9.10. The average molecular weight is 630 g/mol. The summed E-state index contributed by atoms with van der Waals surface area (Å²) in [5.41, 5.74) is 0.679. The molecule has 12 heteroatoms. The van der Waals surface area contributed by atoms with E-state index in [0.29, 0.717) is 22.3 Å². The normalized spacial score (nSPS) is 15.2. The second kappa shape index (κ2) is 11.2. The van der Waals surface area contributed by atoms with Gasteiger partial charge in [-0.3, -0.25) is 28.6 Å². The maximum Gasteiger partial charge on any atom is 0.261 e. The maximum absolute atomic E-state index is 13.8. The summed E-state index contributed by atoms with van der Waals surface area (Å²) in [6.07, 6.45) is -0.538. The summed E-state index contributed by atoms with van der Waals surface area (Å²) >= 11 is 3.22. The van der Waals surface area contributed by atoms with Crippen molar-refractivity contribution in [3.8, 4) is 5.75 Å². The lowest BCUT2D eigenvalue weighted by atomic mass is 9.94. The second-order valence-corrected chi connectivity index (χ2v) is 13.2. The molecule has 1 aliphatic rings. The molecule has 3 aromatic rings. The molecule has 1 heterocycles. The molecule has 3 aromatic carbocycles. The van der Waals surface area contributed by atoms with Crippen molar-refractivity contribution in [2.24, 2.45) is 5.92 Å². The van der Waals surface area contributed by atoms with Gasteiger partial charge in [0.25, 0.3) is 17.7 Å². The molecule has 0 aromatic heterocycles. The maximum atomic E-state index is 13.8. The summed E-state index contributed by atoms with van der Waals surface area (Å²) < 4.78 is 14.1. The van der Waals surface area contributed by atoms with Crippen molar-refractivity contribution in [3.05, 3.63) is 69.2 Å². The minimum Gasteiger partial charge on any atom is -0.506 e. The molecule has 4 rings (SSSR count). The Hall–Kier alpha value is -3.53. The number of phenolic OH excluding ortho intramolecular Hbond substituents is 1. The van der Waals surface area contributed by atoms with E-state index in [1.165, 1.54) is 31.3 Å². The fraction of sp³-hybridized carbons (Fsp3) is 0.286. The number of carbonyl (C=O) groups excluding carboxylic acids is 4. The summed E-state index contributed by atoms with van der Waals surface area (Å²) in [5, 5.41) is 15.9. The van der Waals surface area contributed by atoms with Crippen molar-refractivity contribution < 1.29 is 33.7 Å². The molecule has 2 atom stereocenters. The van der Waals surface area contributed by atoms with Crippen molar-refractivity contribution in [1.29, 1.82) is 0 Å². The SMILES string of the molecule is CNC(=O)[C@H](CC(C)C)NC(=O)c1cc(C)ccc1P(=O)(O)CN1C(=O)c2cccc3c(O)c(Br)cc(c23)C1=O. The summed E-state index contributed by atoms with van der Waals surface area (Å²) in [6, 6.07) is 9.38. The summed E-state index contributed by atoms with van der Waals surface area (Å²) in [6.45, 7) is 5.50. The van der Waals surface area contributed by atoms with E-state index < -0.39 is 43.3 Å². The molecule has 0 bridgehead atoms. The van der Waals surface area contributed by atoms with Gasteiger partial charge in [0, 0.05) is 23.4 Å². The number of imide groups is 1. The third-order valence-electron chi connectivity index (χ3n) is 6.72. The van der Waals surface area contributed by atoms with Crippen LogP contribution in [0.25, 0.3) is 10.8 Å². The highest BCUT2D eigenvalue weighted by Crippen LogP contribution is 2.45. The van der Waals surface area contributed by atoms with Gasteiger partial charge in [-0.15, -0.1) is 0 Å². The van der Waals surface area contributed by atoms with E-state index in [9.17, 15) is 33.7 Å². The number of halogens is 1. The predicted octanol–water partition coefficient (Wildman–Crippen LogP) is 3.66. The number of carbonyl (C=O) groups is 4. The zero-order valence-electron chi connectivity index (χ0n) is 22.3. The van der Waals surface area contributed by atoms with Gasteiger partial charge in [-0.1, -0.05) is 37.6 Å². The number of nitrogens with zero attached hydrogens (tertiary/aromatic N) is 1. The van der Waals surface area contributed by atoms with E-state index in [2.05, 4.69) is 26.6 Å². The molecule has 0 spiro atoms. The third kappa shape index (κ3) is 5.41. The number of likely N-dealkylation sites (N-methyl/N-ethyl adjacent to an activating group) is 1. The number of nitrogens with one attached hydrogen (secondary N) is 2. The first-order valence-corrected chi connectivity index (χ1v) is 15.2. The Bertz CT molecular complexity index is 1620. The molecule has 0 fully saturated rings. The van der Waals surface area contributed by atoms with Crippen LogP contribution in [0.15, 0.2) is 46.9 Å². The quantitative estimate of drug-likeness (QED) is 0.219. The van der Waals surface area contributed by atoms with Gasteiger partial charge in [0.15, 0.2) is 0 Å². The lowest BCUT2D eigenvalue weighted by Crippen LogP contribution is -2.47. The van der Waals surface area contributed by atoms with Crippen molar-refractivity contribution in [2.45, 2.75) is 33.2 Å². The predicted molar refractivity (Wildman–Crippen MR) is 154 cm³/mol. The average Bonchev–Trinajstić information content (AvgIpc) is 2.90. The Labute approximate surface area is 239 Å². The summed E-state index contributed by atoms with van der Waals surface area (Å²) in [5.74, 6) is -2.79. The van der Waals surface area contributed by atoms with Crippen LogP contribution in [0.5, 0.6) is 5.75 Å². The molecule has 0 saturated carbocycles. The number of amides is 4. The molecule has 0 radical (unpaired) electrons. The molecule has 210 valence electrons. The summed E-state index contributed by atoms with van der Waals surface area (Å²) in [7, 11) is -3.10. The van der Waals surface area contributed by atoms with Gasteiger partial charge in [-0.05, 0) is 59.5 Å². The van der Waals surface area contributed by atoms with Gasteiger partial charge in [-0.25, -0.2) is 0 Å². The van der Waals surface area contributed by atoms with Crippen molar-refractivity contribution in [1.82, 2.24) is 15.5 Å². The van der Waals surface area contributed by atoms with Crippen LogP contribution in [-0.4, -0.2) is 57.9 Å².